The first-order chi connectivity index (χ1) is 13.1. The van der Waals surface area contributed by atoms with E-state index in [2.05, 4.69) is 0 Å². The van der Waals surface area contributed by atoms with E-state index < -0.39 is 37.4 Å². The summed E-state index contributed by atoms with van der Waals surface area (Å²) in [6.07, 6.45) is 3.38. The fourth-order valence-electron chi connectivity index (χ4n) is 3.10. The molecule has 1 fully saturated rings. The molecule has 3 heteroatoms. The van der Waals surface area contributed by atoms with Crippen LogP contribution in [-0.2, 0) is 0 Å². The molecule has 0 aliphatic heterocycles. The first kappa shape index (κ1) is 7.28. The van der Waals surface area contributed by atoms with E-state index in [1.807, 2.05) is 0 Å². The van der Waals surface area contributed by atoms with Gasteiger partial charge in [0.05, 0.1) is 51.4 Å². The molecule has 0 bridgehead atoms. The molecule has 0 heterocycles. The summed E-state index contributed by atoms with van der Waals surface area (Å²) < 4.78 is 72.5. The molecule has 112 valence electrons. The Bertz CT molecular complexity index is 647. The molecule has 1 aliphatic rings. The lowest BCUT2D eigenvalue weighted by atomic mass is 9.72. The van der Waals surface area contributed by atoms with Gasteiger partial charge in [0.2, 0.25) is 0 Å². The molecular formula is C17H28NO2+. The van der Waals surface area contributed by atoms with Crippen molar-refractivity contribution < 1.29 is 27.1 Å². The molecule has 1 aromatic carbocycles. The van der Waals surface area contributed by atoms with Crippen LogP contribution in [0, 0.1) is 0 Å². The Kier molecular flexibility index (Phi) is 2.40. The van der Waals surface area contributed by atoms with Crippen molar-refractivity contribution >= 4 is 0 Å². The minimum Gasteiger partial charge on any atom is -0.497 e. The average Bonchev–Trinajstić information content (AvgIpc) is 2.53. The standard InChI is InChI=1S/C17H27NO2/c1-18(2)13-16(17(19)11-5-4-6-12-17)14-7-9-15(20-3)10-8-14/h7-10,16,19H,4-6,11-13H2,1-3H3/p+1/t16-/m0/s1/i1D3,2D3,3D3. The van der Waals surface area contributed by atoms with E-state index in [0.29, 0.717) is 18.4 Å². The highest BCUT2D eigenvalue weighted by atomic mass is 16.5. The van der Waals surface area contributed by atoms with E-state index in [9.17, 15) is 5.11 Å². The normalized spacial score (nSPS) is 28.4. The highest BCUT2D eigenvalue weighted by Crippen LogP contribution is 2.39. The maximum Gasteiger partial charge on any atom is 0.118 e. The summed E-state index contributed by atoms with van der Waals surface area (Å²) >= 11 is 0. The Labute approximate surface area is 135 Å². The number of ether oxygens (including phenoxy) is 1. The molecular weight excluding hydrogens is 250 g/mol. The fourth-order valence-corrected chi connectivity index (χ4v) is 3.10. The predicted octanol–water partition coefficient (Wildman–Crippen LogP) is 1.62. The maximum atomic E-state index is 11.3. The van der Waals surface area contributed by atoms with Crippen molar-refractivity contribution in [3.8, 4) is 5.75 Å². The fraction of sp³-hybridized carbons (Fsp3) is 0.647. The number of nitrogens with one attached hydrogen (secondary N) is 1. The molecule has 3 nitrogen and oxygen atoms in total. The maximum absolute atomic E-state index is 11.3. The van der Waals surface area contributed by atoms with E-state index in [-0.39, 0.29) is 12.3 Å². The summed E-state index contributed by atoms with van der Waals surface area (Å²) in [5, 5.41) is 11.3. The Morgan fingerprint density at radius 3 is 2.55 bits per heavy atom. The summed E-state index contributed by atoms with van der Waals surface area (Å²) in [7, 11) is -2.61. The quantitative estimate of drug-likeness (QED) is 0.863. The van der Waals surface area contributed by atoms with Crippen molar-refractivity contribution in [1.82, 2.24) is 0 Å². The van der Waals surface area contributed by atoms with E-state index in [1.165, 1.54) is 12.1 Å². The first-order valence-corrected chi connectivity index (χ1v) is 7.00. The Hall–Kier alpha value is -1.06. The monoisotopic (exact) mass is 287 g/mol. The molecule has 0 radical (unpaired) electrons. The zero-order chi connectivity index (χ0) is 22.1. The van der Waals surface area contributed by atoms with E-state index in [4.69, 9.17) is 17.1 Å². The third-order valence-corrected chi connectivity index (χ3v) is 4.18. The van der Waals surface area contributed by atoms with Gasteiger partial charge >= 0.3 is 0 Å². The summed E-state index contributed by atoms with van der Waals surface area (Å²) in [6.45, 7) is -5.86. The minimum atomic E-state index is -2.78. The molecule has 0 amide bonds. The van der Waals surface area contributed by atoms with Crippen LogP contribution >= 0.6 is 0 Å². The number of hydrogen-bond donors (Lipinski definition) is 2. The molecule has 2 N–H and O–H groups in total. The summed E-state index contributed by atoms with van der Waals surface area (Å²) in [4.78, 5) is -0.559. The summed E-state index contributed by atoms with van der Waals surface area (Å²) in [5.74, 6) is -0.626. The number of aliphatic hydroxyl groups is 1. The van der Waals surface area contributed by atoms with Crippen molar-refractivity contribution in [2.75, 3.05) is 27.5 Å². The summed E-state index contributed by atoms with van der Waals surface area (Å²) in [5.41, 5.74) is -0.676. The number of likely N-dealkylation sites (N-methyl/N-ethyl adjacent to an activating group) is 1. The molecule has 0 aromatic heterocycles. The van der Waals surface area contributed by atoms with Gasteiger partial charge in [0.25, 0.3) is 0 Å². The number of quaternary nitrogens is 1. The van der Waals surface area contributed by atoms with Crippen molar-refractivity contribution in [2.45, 2.75) is 43.6 Å². The van der Waals surface area contributed by atoms with Crippen LogP contribution in [0.4, 0.5) is 0 Å². The van der Waals surface area contributed by atoms with Crippen LogP contribution in [0.25, 0.3) is 0 Å². The SMILES string of the molecule is [2H]C([2H])([2H])Oc1ccc([C@H](C[NH+](C([2H])([2H])[2H])C([2H])([2H])[2H])C2(O)CCCCC2)cc1. The number of benzene rings is 1. The van der Waals surface area contributed by atoms with Crippen LogP contribution < -0.4 is 9.64 Å². The lowest BCUT2D eigenvalue weighted by Crippen LogP contribution is -3.06. The zero-order valence-electron chi connectivity index (χ0n) is 20.5. The lowest BCUT2D eigenvalue weighted by molar-refractivity contribution is -0.860. The van der Waals surface area contributed by atoms with Gasteiger partial charge < -0.3 is 14.7 Å². The van der Waals surface area contributed by atoms with Crippen molar-refractivity contribution in [3.05, 3.63) is 29.8 Å². The van der Waals surface area contributed by atoms with Crippen LogP contribution in [-0.4, -0.2) is 38.2 Å². The highest BCUT2D eigenvalue weighted by molar-refractivity contribution is 5.31. The van der Waals surface area contributed by atoms with Gasteiger partial charge in [-0.15, -0.1) is 0 Å². The largest absolute Gasteiger partial charge is 0.497 e. The van der Waals surface area contributed by atoms with Crippen molar-refractivity contribution in [2.24, 2.45) is 0 Å². The van der Waals surface area contributed by atoms with Gasteiger partial charge in [-0.2, -0.15) is 0 Å². The predicted molar refractivity (Wildman–Crippen MR) is 81.4 cm³/mol. The molecule has 0 saturated heterocycles. The highest BCUT2D eigenvalue weighted by Gasteiger charge is 2.40. The third kappa shape index (κ3) is 3.53. The van der Waals surface area contributed by atoms with Gasteiger partial charge in [0.15, 0.2) is 0 Å². The second-order valence-corrected chi connectivity index (χ2v) is 5.57. The summed E-state index contributed by atoms with van der Waals surface area (Å²) in [6, 6.07) is 6.00. The van der Waals surface area contributed by atoms with E-state index in [0.717, 1.165) is 19.3 Å². The molecule has 20 heavy (non-hydrogen) atoms. The Morgan fingerprint density at radius 1 is 1.25 bits per heavy atom. The molecule has 2 rings (SSSR count). The zero-order valence-corrected chi connectivity index (χ0v) is 11.5. The van der Waals surface area contributed by atoms with E-state index in [1.54, 1.807) is 12.1 Å². The van der Waals surface area contributed by atoms with Crippen LogP contribution in [0.15, 0.2) is 24.3 Å². The molecule has 1 aliphatic carbocycles. The molecule has 1 aromatic rings. The number of rotatable bonds is 5. The van der Waals surface area contributed by atoms with Crippen LogP contribution in [0.3, 0.4) is 0 Å². The van der Waals surface area contributed by atoms with Crippen LogP contribution in [0.2, 0.25) is 0 Å². The van der Waals surface area contributed by atoms with Gasteiger partial charge in [-0.25, -0.2) is 0 Å². The molecule has 0 spiro atoms. The Balaban J connectivity index is 2.40. The molecule has 0 unspecified atom stereocenters. The van der Waals surface area contributed by atoms with Crippen molar-refractivity contribution in [1.29, 1.82) is 0 Å². The first-order valence-electron chi connectivity index (χ1n) is 11.5. The number of methoxy groups -OCH3 is 1. The van der Waals surface area contributed by atoms with Crippen molar-refractivity contribution in [3.63, 3.8) is 0 Å². The second kappa shape index (κ2) is 6.59. The molecule has 1 atom stereocenters. The van der Waals surface area contributed by atoms with E-state index >= 15 is 0 Å². The average molecular weight is 287 g/mol. The number of hydrogen-bond acceptors (Lipinski definition) is 2. The van der Waals surface area contributed by atoms with Gasteiger partial charge in [0.1, 0.15) is 5.75 Å². The van der Waals surface area contributed by atoms with Crippen LogP contribution in [0.1, 0.15) is 55.9 Å². The van der Waals surface area contributed by atoms with Gasteiger partial charge in [-0.3, -0.25) is 0 Å². The lowest BCUT2D eigenvalue weighted by Gasteiger charge is -2.39. The van der Waals surface area contributed by atoms with Gasteiger partial charge in [-0.05, 0) is 30.5 Å². The third-order valence-electron chi connectivity index (χ3n) is 4.18. The topological polar surface area (TPSA) is 33.9 Å². The second-order valence-electron chi connectivity index (χ2n) is 5.57. The van der Waals surface area contributed by atoms with Gasteiger partial charge in [0, 0.05) is 0 Å². The Morgan fingerprint density at radius 2 is 1.95 bits per heavy atom. The van der Waals surface area contributed by atoms with Crippen LogP contribution in [0.5, 0.6) is 5.75 Å². The minimum absolute atomic E-state index is 0.110. The smallest absolute Gasteiger partial charge is 0.118 e. The molecule has 1 saturated carbocycles. The van der Waals surface area contributed by atoms with Gasteiger partial charge in [-0.1, -0.05) is 31.4 Å².